The molecule has 1 rings (SSSR count). The van der Waals surface area contributed by atoms with Crippen LogP contribution in [0.3, 0.4) is 0 Å². The molecule has 3 nitrogen and oxygen atoms in total. The summed E-state index contributed by atoms with van der Waals surface area (Å²) in [6.07, 6.45) is -6.15. The lowest BCUT2D eigenvalue weighted by Crippen LogP contribution is -2.32. The number of hydrogen-bond acceptors (Lipinski definition) is 3. The first-order chi connectivity index (χ1) is 9.29. The topological polar surface area (TPSA) is 30.5 Å². The van der Waals surface area contributed by atoms with E-state index < -0.39 is 12.3 Å². The van der Waals surface area contributed by atoms with Crippen molar-refractivity contribution >= 4 is 0 Å². The van der Waals surface area contributed by atoms with E-state index in [0.29, 0.717) is 5.75 Å². The van der Waals surface area contributed by atoms with Gasteiger partial charge in [0.1, 0.15) is 5.75 Å². The second-order valence-electron chi connectivity index (χ2n) is 4.60. The third-order valence-electron chi connectivity index (χ3n) is 3.08. The zero-order valence-electron chi connectivity index (χ0n) is 12.0. The normalized spacial score (nSPS) is 14.9. The Hall–Kier alpha value is -1.27. The van der Waals surface area contributed by atoms with Gasteiger partial charge in [-0.25, -0.2) is 0 Å². The molecule has 0 aliphatic heterocycles. The second-order valence-corrected chi connectivity index (χ2v) is 4.60. The minimum Gasteiger partial charge on any atom is -0.496 e. The average Bonchev–Trinajstić information content (AvgIpc) is 2.38. The van der Waals surface area contributed by atoms with Crippen molar-refractivity contribution in [2.75, 3.05) is 20.8 Å². The summed E-state index contributed by atoms with van der Waals surface area (Å²) < 4.78 is 47.5. The number of aryl methyl sites for hydroxylation is 1. The Morgan fingerprint density at radius 1 is 1.30 bits per heavy atom. The van der Waals surface area contributed by atoms with Crippen LogP contribution in [0.4, 0.5) is 13.2 Å². The Labute approximate surface area is 117 Å². The van der Waals surface area contributed by atoms with Crippen LogP contribution >= 0.6 is 0 Å². The number of methoxy groups -OCH3 is 1. The molecule has 0 aromatic heterocycles. The summed E-state index contributed by atoms with van der Waals surface area (Å²) in [5, 5.41) is 2.95. The predicted molar refractivity (Wildman–Crippen MR) is 71.0 cm³/mol. The molecular weight excluding hydrogens is 271 g/mol. The molecule has 0 spiro atoms. The number of hydrogen-bond donors (Lipinski definition) is 1. The Bertz CT molecular complexity index is 435. The molecule has 1 aromatic carbocycles. The van der Waals surface area contributed by atoms with Crippen LogP contribution in [0.1, 0.15) is 24.1 Å². The van der Waals surface area contributed by atoms with E-state index in [-0.39, 0.29) is 12.6 Å². The number of benzene rings is 1. The van der Waals surface area contributed by atoms with Crippen LogP contribution in [0.25, 0.3) is 0 Å². The van der Waals surface area contributed by atoms with E-state index in [4.69, 9.17) is 9.47 Å². The summed E-state index contributed by atoms with van der Waals surface area (Å²) >= 11 is 0. The van der Waals surface area contributed by atoms with Gasteiger partial charge in [-0.05, 0) is 27.0 Å². The lowest BCUT2D eigenvalue weighted by molar-refractivity contribution is -0.215. The fourth-order valence-electron chi connectivity index (χ4n) is 1.79. The molecule has 2 atom stereocenters. The highest BCUT2D eigenvalue weighted by atomic mass is 19.4. The van der Waals surface area contributed by atoms with Crippen LogP contribution in [-0.2, 0) is 4.74 Å². The van der Waals surface area contributed by atoms with E-state index in [2.05, 4.69) is 5.32 Å². The van der Waals surface area contributed by atoms with Gasteiger partial charge in [-0.1, -0.05) is 17.7 Å². The molecule has 20 heavy (non-hydrogen) atoms. The maximum atomic E-state index is 12.4. The molecule has 0 bridgehead atoms. The SMILES string of the molecule is CNC(COC(C)C(F)(F)F)c1cc(C)ccc1OC. The van der Waals surface area contributed by atoms with Gasteiger partial charge in [0, 0.05) is 5.56 Å². The van der Waals surface area contributed by atoms with E-state index in [1.165, 1.54) is 7.11 Å². The average molecular weight is 291 g/mol. The molecule has 1 N–H and O–H groups in total. The third-order valence-corrected chi connectivity index (χ3v) is 3.08. The maximum absolute atomic E-state index is 12.4. The van der Waals surface area contributed by atoms with Gasteiger partial charge in [-0.2, -0.15) is 13.2 Å². The van der Waals surface area contributed by atoms with Crippen molar-refractivity contribution in [1.82, 2.24) is 5.32 Å². The van der Waals surface area contributed by atoms with Crippen molar-refractivity contribution in [1.29, 1.82) is 0 Å². The maximum Gasteiger partial charge on any atom is 0.414 e. The summed E-state index contributed by atoms with van der Waals surface area (Å²) in [4.78, 5) is 0. The van der Waals surface area contributed by atoms with Crippen molar-refractivity contribution in [2.24, 2.45) is 0 Å². The summed E-state index contributed by atoms with van der Waals surface area (Å²) in [5.41, 5.74) is 1.79. The van der Waals surface area contributed by atoms with E-state index in [1.54, 1.807) is 13.1 Å². The van der Waals surface area contributed by atoms with Crippen LogP contribution in [-0.4, -0.2) is 33.0 Å². The smallest absolute Gasteiger partial charge is 0.414 e. The molecule has 0 fully saturated rings. The Morgan fingerprint density at radius 2 is 1.95 bits per heavy atom. The van der Waals surface area contributed by atoms with Crippen molar-refractivity contribution in [3.8, 4) is 5.75 Å². The number of rotatable bonds is 6. The van der Waals surface area contributed by atoms with Gasteiger partial charge in [0.2, 0.25) is 0 Å². The molecule has 0 aliphatic carbocycles. The molecule has 0 radical (unpaired) electrons. The van der Waals surface area contributed by atoms with Crippen LogP contribution in [0, 0.1) is 6.92 Å². The molecule has 0 amide bonds. The van der Waals surface area contributed by atoms with E-state index >= 15 is 0 Å². The molecule has 0 saturated heterocycles. The van der Waals surface area contributed by atoms with E-state index in [0.717, 1.165) is 18.1 Å². The number of alkyl halides is 3. The van der Waals surface area contributed by atoms with Gasteiger partial charge in [-0.3, -0.25) is 0 Å². The largest absolute Gasteiger partial charge is 0.496 e. The molecule has 1 aromatic rings. The van der Waals surface area contributed by atoms with Crippen molar-refractivity contribution in [2.45, 2.75) is 32.2 Å². The summed E-state index contributed by atoms with van der Waals surface area (Å²) in [7, 11) is 3.20. The zero-order chi connectivity index (χ0) is 15.3. The summed E-state index contributed by atoms with van der Waals surface area (Å²) in [6, 6.07) is 5.19. The highest BCUT2D eigenvalue weighted by molar-refractivity contribution is 5.39. The quantitative estimate of drug-likeness (QED) is 0.873. The minimum absolute atomic E-state index is 0.0863. The predicted octanol–water partition coefficient (Wildman–Crippen LogP) is 3.23. The van der Waals surface area contributed by atoms with Crippen molar-refractivity contribution < 1.29 is 22.6 Å². The number of likely N-dealkylation sites (N-methyl/N-ethyl adjacent to an activating group) is 1. The van der Waals surface area contributed by atoms with Crippen molar-refractivity contribution in [3.05, 3.63) is 29.3 Å². The van der Waals surface area contributed by atoms with Gasteiger partial charge < -0.3 is 14.8 Å². The van der Waals surface area contributed by atoms with E-state index in [9.17, 15) is 13.2 Å². The number of nitrogens with one attached hydrogen (secondary N) is 1. The lowest BCUT2D eigenvalue weighted by Gasteiger charge is -2.23. The van der Waals surface area contributed by atoms with Gasteiger partial charge in [0.25, 0.3) is 0 Å². The molecule has 2 unspecified atom stereocenters. The first kappa shape index (κ1) is 16.8. The fraction of sp³-hybridized carbons (Fsp3) is 0.571. The molecule has 0 heterocycles. The first-order valence-corrected chi connectivity index (χ1v) is 6.29. The van der Waals surface area contributed by atoms with Gasteiger partial charge in [-0.15, -0.1) is 0 Å². The highest BCUT2D eigenvalue weighted by Crippen LogP contribution is 2.28. The number of ether oxygens (including phenoxy) is 2. The summed E-state index contributed by atoms with van der Waals surface area (Å²) in [5.74, 6) is 0.623. The fourth-order valence-corrected chi connectivity index (χ4v) is 1.79. The van der Waals surface area contributed by atoms with Crippen LogP contribution < -0.4 is 10.1 Å². The Morgan fingerprint density at radius 3 is 2.45 bits per heavy atom. The van der Waals surface area contributed by atoms with E-state index in [1.807, 2.05) is 19.1 Å². The molecule has 6 heteroatoms. The number of halogens is 3. The standard InChI is InChI=1S/C14H20F3NO2/c1-9-5-6-13(19-4)11(7-9)12(18-3)8-20-10(2)14(15,16)17/h5-7,10,12,18H,8H2,1-4H3. The third kappa shape index (κ3) is 4.38. The van der Waals surface area contributed by atoms with Crippen LogP contribution in [0.15, 0.2) is 18.2 Å². The Balaban J connectivity index is 2.83. The lowest BCUT2D eigenvalue weighted by atomic mass is 10.0. The molecule has 0 aliphatic rings. The van der Waals surface area contributed by atoms with Gasteiger partial charge >= 0.3 is 6.18 Å². The molecule has 114 valence electrons. The molecule has 0 saturated carbocycles. The minimum atomic E-state index is -4.35. The first-order valence-electron chi connectivity index (χ1n) is 6.29. The molecular formula is C14H20F3NO2. The summed E-state index contributed by atoms with van der Waals surface area (Å²) in [6.45, 7) is 2.83. The zero-order valence-corrected chi connectivity index (χ0v) is 12.0. The Kier molecular flexibility index (Phi) is 5.83. The second kappa shape index (κ2) is 6.95. The monoisotopic (exact) mass is 291 g/mol. The van der Waals surface area contributed by atoms with Crippen molar-refractivity contribution in [3.63, 3.8) is 0 Å². The van der Waals surface area contributed by atoms with Gasteiger partial charge in [0.05, 0.1) is 19.8 Å². The van der Waals surface area contributed by atoms with Crippen LogP contribution in [0.2, 0.25) is 0 Å². The van der Waals surface area contributed by atoms with Gasteiger partial charge in [0.15, 0.2) is 6.10 Å². The highest BCUT2D eigenvalue weighted by Gasteiger charge is 2.37. The van der Waals surface area contributed by atoms with Crippen LogP contribution in [0.5, 0.6) is 5.75 Å².